The average molecular weight is 398 g/mol. The highest BCUT2D eigenvalue weighted by Crippen LogP contribution is 2.22. The lowest BCUT2D eigenvalue weighted by Crippen LogP contribution is -2.34. The number of anilines is 1. The van der Waals surface area contributed by atoms with E-state index in [1.807, 2.05) is 31.2 Å². The van der Waals surface area contributed by atoms with Crippen LogP contribution in [0.25, 0.3) is 0 Å². The first-order valence-electron chi connectivity index (χ1n) is 9.64. The highest BCUT2D eigenvalue weighted by molar-refractivity contribution is 7.80. The first-order chi connectivity index (χ1) is 13.6. The second-order valence-electron chi connectivity index (χ2n) is 7.10. The van der Waals surface area contributed by atoms with Crippen LogP contribution in [0.15, 0.2) is 42.5 Å². The van der Waals surface area contributed by atoms with Gasteiger partial charge in [0, 0.05) is 12.2 Å². The molecule has 0 aliphatic carbocycles. The minimum Gasteiger partial charge on any atom is -0.496 e. The number of carbonyl (C=O) groups is 1. The van der Waals surface area contributed by atoms with Crippen LogP contribution in [0.2, 0.25) is 0 Å². The van der Waals surface area contributed by atoms with Gasteiger partial charge in [0.25, 0.3) is 5.91 Å². The molecule has 148 valence electrons. The molecule has 0 radical (unpaired) electrons. The Hall–Kier alpha value is -2.44. The molecule has 0 aromatic heterocycles. The number of carbonyl (C=O) groups excluding carboxylic acids is 1. The maximum Gasteiger partial charge on any atom is 0.261 e. The van der Waals surface area contributed by atoms with Crippen LogP contribution >= 0.6 is 12.2 Å². The first-order valence-corrected chi connectivity index (χ1v) is 10.0. The topological polar surface area (TPSA) is 53.6 Å². The van der Waals surface area contributed by atoms with Crippen molar-refractivity contribution in [1.29, 1.82) is 0 Å². The molecule has 0 bridgehead atoms. The van der Waals surface area contributed by atoms with Crippen LogP contribution < -0.4 is 15.4 Å². The van der Waals surface area contributed by atoms with Crippen LogP contribution in [-0.4, -0.2) is 36.1 Å². The summed E-state index contributed by atoms with van der Waals surface area (Å²) in [4.78, 5) is 15.0. The van der Waals surface area contributed by atoms with E-state index in [0.717, 1.165) is 17.8 Å². The molecule has 6 heteroatoms. The smallest absolute Gasteiger partial charge is 0.261 e. The molecule has 28 heavy (non-hydrogen) atoms. The van der Waals surface area contributed by atoms with Crippen molar-refractivity contribution in [1.82, 2.24) is 10.2 Å². The number of likely N-dealkylation sites (tertiary alicyclic amines) is 1. The van der Waals surface area contributed by atoms with Crippen molar-refractivity contribution in [2.45, 2.75) is 32.7 Å². The van der Waals surface area contributed by atoms with E-state index in [1.165, 1.54) is 37.9 Å². The highest BCUT2D eigenvalue weighted by atomic mass is 32.1. The van der Waals surface area contributed by atoms with Gasteiger partial charge in [-0.25, -0.2) is 0 Å². The molecule has 1 fully saturated rings. The van der Waals surface area contributed by atoms with Gasteiger partial charge in [-0.05, 0) is 74.4 Å². The van der Waals surface area contributed by atoms with E-state index in [1.54, 1.807) is 13.2 Å². The number of hydrogen-bond acceptors (Lipinski definition) is 4. The van der Waals surface area contributed by atoms with Crippen molar-refractivity contribution in [2.75, 3.05) is 25.5 Å². The number of rotatable bonds is 5. The van der Waals surface area contributed by atoms with Crippen LogP contribution in [-0.2, 0) is 6.54 Å². The van der Waals surface area contributed by atoms with Crippen molar-refractivity contribution < 1.29 is 9.53 Å². The molecular formula is C22H27N3O2S. The van der Waals surface area contributed by atoms with E-state index >= 15 is 0 Å². The molecule has 3 rings (SSSR count). The fraction of sp³-hybridized carbons (Fsp3) is 0.364. The molecule has 0 saturated carbocycles. The minimum absolute atomic E-state index is 0.261. The third-order valence-electron chi connectivity index (χ3n) is 4.95. The standard InChI is InChI=1S/C22H27N3O2S/c1-16-7-6-8-19(20(16)27-2)21(26)24-22(28)23-18-11-9-17(10-12-18)15-25-13-4-3-5-14-25/h6-12H,3-5,13-15H2,1-2H3,(H2,23,24,26,28). The number of para-hydroxylation sites is 1. The lowest BCUT2D eigenvalue weighted by Gasteiger charge is -2.26. The lowest BCUT2D eigenvalue weighted by atomic mass is 10.1. The monoisotopic (exact) mass is 397 g/mol. The maximum atomic E-state index is 12.5. The maximum absolute atomic E-state index is 12.5. The zero-order valence-electron chi connectivity index (χ0n) is 16.5. The molecule has 1 aliphatic heterocycles. The minimum atomic E-state index is -0.292. The Kier molecular flexibility index (Phi) is 7.01. The van der Waals surface area contributed by atoms with Crippen molar-refractivity contribution >= 4 is 28.9 Å². The zero-order valence-corrected chi connectivity index (χ0v) is 17.3. The number of piperidine rings is 1. The normalized spacial score (nSPS) is 14.4. The Bertz CT molecular complexity index is 830. The molecule has 5 nitrogen and oxygen atoms in total. The summed E-state index contributed by atoms with van der Waals surface area (Å²) in [5, 5.41) is 6.05. The van der Waals surface area contributed by atoms with Crippen molar-refractivity contribution in [3.63, 3.8) is 0 Å². The molecule has 0 atom stereocenters. The number of methoxy groups -OCH3 is 1. The predicted molar refractivity (Wildman–Crippen MR) is 117 cm³/mol. The molecule has 1 aliphatic rings. The number of hydrogen-bond donors (Lipinski definition) is 2. The van der Waals surface area contributed by atoms with Crippen molar-refractivity contribution in [3.05, 3.63) is 59.2 Å². The van der Waals surface area contributed by atoms with Crippen LogP contribution in [0.3, 0.4) is 0 Å². The molecule has 0 unspecified atom stereocenters. The van der Waals surface area contributed by atoms with Crippen molar-refractivity contribution in [2.24, 2.45) is 0 Å². The van der Waals surface area contributed by atoms with Gasteiger partial charge in [-0.3, -0.25) is 15.0 Å². The molecule has 2 aromatic rings. The summed E-state index contributed by atoms with van der Waals surface area (Å²) in [7, 11) is 1.56. The SMILES string of the molecule is COc1c(C)cccc1C(=O)NC(=S)Nc1ccc(CN2CCCCC2)cc1. The molecule has 2 N–H and O–H groups in total. The summed E-state index contributed by atoms with van der Waals surface area (Å²) in [5.74, 6) is 0.268. The van der Waals surface area contributed by atoms with Crippen LogP contribution in [0, 0.1) is 6.92 Å². The Morgan fingerprint density at radius 1 is 1.11 bits per heavy atom. The second kappa shape index (κ2) is 9.66. The molecular weight excluding hydrogens is 370 g/mol. The number of nitrogens with zero attached hydrogens (tertiary/aromatic N) is 1. The second-order valence-corrected chi connectivity index (χ2v) is 7.51. The largest absolute Gasteiger partial charge is 0.496 e. The van der Waals surface area contributed by atoms with Crippen molar-refractivity contribution in [3.8, 4) is 5.75 Å². The summed E-state index contributed by atoms with van der Waals surface area (Å²) in [6, 6.07) is 13.6. The van der Waals surface area contributed by atoms with E-state index in [2.05, 4.69) is 27.7 Å². The lowest BCUT2D eigenvalue weighted by molar-refractivity contribution is 0.0974. The first kappa shape index (κ1) is 20.3. The van der Waals surface area contributed by atoms with Gasteiger partial charge in [-0.15, -0.1) is 0 Å². The number of nitrogens with one attached hydrogen (secondary N) is 2. The quantitative estimate of drug-likeness (QED) is 0.744. The summed E-state index contributed by atoms with van der Waals surface area (Å²) in [5.41, 5.74) is 3.50. The number of amides is 1. The Balaban J connectivity index is 1.56. The summed E-state index contributed by atoms with van der Waals surface area (Å²) in [6.45, 7) is 5.24. The number of ether oxygens (including phenoxy) is 1. The van der Waals surface area contributed by atoms with Gasteiger partial charge in [-0.1, -0.05) is 30.7 Å². The molecule has 1 saturated heterocycles. The van der Waals surface area contributed by atoms with Gasteiger partial charge in [0.05, 0.1) is 12.7 Å². The number of aryl methyl sites for hydroxylation is 1. The van der Waals surface area contributed by atoms with E-state index in [4.69, 9.17) is 17.0 Å². The van der Waals surface area contributed by atoms with Gasteiger partial charge in [0.1, 0.15) is 5.75 Å². The van der Waals surface area contributed by atoms with Crippen LogP contribution in [0.1, 0.15) is 40.7 Å². The van der Waals surface area contributed by atoms with E-state index in [9.17, 15) is 4.79 Å². The fourth-order valence-corrected chi connectivity index (χ4v) is 3.71. The highest BCUT2D eigenvalue weighted by Gasteiger charge is 2.15. The van der Waals surface area contributed by atoms with E-state index < -0.39 is 0 Å². The number of benzene rings is 2. The Labute approximate surface area is 172 Å². The summed E-state index contributed by atoms with van der Waals surface area (Å²) >= 11 is 5.30. The molecule has 2 aromatic carbocycles. The molecule has 0 spiro atoms. The van der Waals surface area contributed by atoms with E-state index in [-0.39, 0.29) is 11.0 Å². The predicted octanol–water partition coefficient (Wildman–Crippen LogP) is 4.12. The van der Waals surface area contributed by atoms with Gasteiger partial charge in [-0.2, -0.15) is 0 Å². The van der Waals surface area contributed by atoms with Gasteiger partial charge >= 0.3 is 0 Å². The summed E-state index contributed by atoms with van der Waals surface area (Å²) in [6.07, 6.45) is 3.93. The van der Waals surface area contributed by atoms with Crippen LogP contribution in [0.4, 0.5) is 5.69 Å². The zero-order chi connectivity index (χ0) is 19.9. The third kappa shape index (κ3) is 5.30. The number of thiocarbonyl (C=S) groups is 1. The molecule has 1 amide bonds. The van der Waals surface area contributed by atoms with Gasteiger partial charge in [0.2, 0.25) is 0 Å². The van der Waals surface area contributed by atoms with Crippen LogP contribution in [0.5, 0.6) is 5.75 Å². The van der Waals surface area contributed by atoms with Gasteiger partial charge in [0.15, 0.2) is 5.11 Å². The average Bonchev–Trinajstić information content (AvgIpc) is 2.70. The summed E-state index contributed by atoms with van der Waals surface area (Å²) < 4.78 is 5.34. The molecule has 1 heterocycles. The Morgan fingerprint density at radius 2 is 1.82 bits per heavy atom. The van der Waals surface area contributed by atoms with E-state index in [0.29, 0.717) is 11.3 Å². The third-order valence-corrected chi connectivity index (χ3v) is 5.16. The Morgan fingerprint density at radius 3 is 2.50 bits per heavy atom. The van der Waals surface area contributed by atoms with Gasteiger partial charge < -0.3 is 10.1 Å². The fourth-order valence-electron chi connectivity index (χ4n) is 3.50.